The molecule has 1 aromatic carbocycles. The molecule has 1 saturated heterocycles. The maximum Gasteiger partial charge on any atom is 0.243 e. The molecule has 118 valence electrons. The molecule has 5 nitrogen and oxygen atoms in total. The average Bonchev–Trinajstić information content (AvgIpc) is 2.93. The third kappa shape index (κ3) is 3.22. The smallest absolute Gasteiger partial charge is 0.243 e. The SMILES string of the molecule is CCN(CC1CCCO1)S(=O)(=O)c1c(C)ccc(N)c1C. The Bertz CT molecular complexity index is 608. The summed E-state index contributed by atoms with van der Waals surface area (Å²) in [5, 5.41) is 0. The van der Waals surface area contributed by atoms with E-state index in [4.69, 9.17) is 10.5 Å². The lowest BCUT2D eigenvalue weighted by molar-refractivity contribution is 0.0946. The first-order valence-electron chi connectivity index (χ1n) is 7.35. The van der Waals surface area contributed by atoms with Crippen molar-refractivity contribution >= 4 is 15.7 Å². The molecule has 6 heteroatoms. The lowest BCUT2D eigenvalue weighted by Crippen LogP contribution is -2.37. The predicted molar refractivity (Wildman–Crippen MR) is 83.7 cm³/mol. The van der Waals surface area contributed by atoms with Crippen LogP contribution >= 0.6 is 0 Å². The van der Waals surface area contributed by atoms with Crippen molar-refractivity contribution in [3.8, 4) is 0 Å². The molecule has 1 aliphatic heterocycles. The summed E-state index contributed by atoms with van der Waals surface area (Å²) in [7, 11) is -3.55. The molecule has 1 aromatic rings. The van der Waals surface area contributed by atoms with E-state index in [2.05, 4.69) is 0 Å². The van der Waals surface area contributed by atoms with E-state index in [-0.39, 0.29) is 6.10 Å². The Morgan fingerprint density at radius 1 is 1.38 bits per heavy atom. The van der Waals surface area contributed by atoms with E-state index in [1.165, 1.54) is 4.31 Å². The fourth-order valence-corrected chi connectivity index (χ4v) is 4.72. The van der Waals surface area contributed by atoms with Crippen molar-refractivity contribution in [1.82, 2.24) is 4.31 Å². The van der Waals surface area contributed by atoms with Gasteiger partial charge in [0.25, 0.3) is 0 Å². The van der Waals surface area contributed by atoms with E-state index in [1.807, 2.05) is 6.92 Å². The van der Waals surface area contributed by atoms with Crippen LogP contribution in [0.25, 0.3) is 0 Å². The molecule has 0 spiro atoms. The van der Waals surface area contributed by atoms with Gasteiger partial charge in [-0.05, 0) is 43.9 Å². The monoisotopic (exact) mass is 312 g/mol. The van der Waals surface area contributed by atoms with Crippen LogP contribution in [0.1, 0.15) is 30.9 Å². The number of likely N-dealkylation sites (N-methyl/N-ethyl adjacent to an activating group) is 1. The number of aryl methyl sites for hydroxylation is 1. The molecule has 1 fully saturated rings. The van der Waals surface area contributed by atoms with Gasteiger partial charge in [0.15, 0.2) is 0 Å². The third-order valence-corrected chi connectivity index (χ3v) is 6.26. The van der Waals surface area contributed by atoms with E-state index in [0.29, 0.717) is 29.2 Å². The van der Waals surface area contributed by atoms with Gasteiger partial charge in [0.2, 0.25) is 10.0 Å². The minimum absolute atomic E-state index is 0.00129. The molecule has 0 bridgehead atoms. The Kier molecular flexibility index (Phi) is 4.91. The highest BCUT2D eigenvalue weighted by Crippen LogP contribution is 2.28. The van der Waals surface area contributed by atoms with Gasteiger partial charge < -0.3 is 10.5 Å². The largest absolute Gasteiger partial charge is 0.398 e. The van der Waals surface area contributed by atoms with Gasteiger partial charge in [0.05, 0.1) is 11.0 Å². The quantitative estimate of drug-likeness (QED) is 0.845. The minimum Gasteiger partial charge on any atom is -0.398 e. The zero-order valence-electron chi connectivity index (χ0n) is 12.9. The highest BCUT2D eigenvalue weighted by atomic mass is 32.2. The first kappa shape index (κ1) is 16.3. The molecule has 2 N–H and O–H groups in total. The predicted octanol–water partition coefficient (Wildman–Crippen LogP) is 2.08. The van der Waals surface area contributed by atoms with Gasteiger partial charge in [-0.1, -0.05) is 13.0 Å². The summed E-state index contributed by atoms with van der Waals surface area (Å²) in [6, 6.07) is 3.51. The van der Waals surface area contributed by atoms with E-state index in [1.54, 1.807) is 26.0 Å². The van der Waals surface area contributed by atoms with Gasteiger partial charge in [0, 0.05) is 25.4 Å². The number of hydrogen-bond acceptors (Lipinski definition) is 4. The second kappa shape index (κ2) is 6.34. The molecule has 0 radical (unpaired) electrons. The lowest BCUT2D eigenvalue weighted by atomic mass is 10.1. The van der Waals surface area contributed by atoms with Gasteiger partial charge in [0.1, 0.15) is 0 Å². The molecule has 1 atom stereocenters. The van der Waals surface area contributed by atoms with Crippen LogP contribution in [0.2, 0.25) is 0 Å². The van der Waals surface area contributed by atoms with E-state index in [9.17, 15) is 8.42 Å². The molecule has 1 unspecified atom stereocenters. The molecule has 0 aliphatic carbocycles. The van der Waals surface area contributed by atoms with E-state index in [0.717, 1.165) is 25.0 Å². The first-order chi connectivity index (χ1) is 9.87. The van der Waals surface area contributed by atoms with Crippen LogP contribution in [0.3, 0.4) is 0 Å². The molecule has 0 amide bonds. The standard InChI is InChI=1S/C15H24N2O3S/c1-4-17(10-13-6-5-9-20-13)21(18,19)15-11(2)7-8-14(16)12(15)3/h7-8,13H,4-6,9-10,16H2,1-3H3. The topological polar surface area (TPSA) is 72.6 Å². The van der Waals surface area contributed by atoms with Gasteiger partial charge >= 0.3 is 0 Å². The number of sulfonamides is 1. The summed E-state index contributed by atoms with van der Waals surface area (Å²) >= 11 is 0. The average molecular weight is 312 g/mol. The van der Waals surface area contributed by atoms with Crippen molar-refractivity contribution in [3.05, 3.63) is 23.3 Å². The summed E-state index contributed by atoms with van der Waals surface area (Å²) in [4.78, 5) is 0.336. The first-order valence-corrected chi connectivity index (χ1v) is 8.79. The maximum absolute atomic E-state index is 13.0. The minimum atomic E-state index is -3.55. The van der Waals surface area contributed by atoms with Crippen LogP contribution in [0.5, 0.6) is 0 Å². The van der Waals surface area contributed by atoms with Crippen molar-refractivity contribution in [3.63, 3.8) is 0 Å². The Balaban J connectivity index is 2.37. The Hall–Kier alpha value is -1.11. The fraction of sp³-hybridized carbons (Fsp3) is 0.600. The van der Waals surface area contributed by atoms with Gasteiger partial charge in [-0.3, -0.25) is 0 Å². The normalized spacial score (nSPS) is 19.3. The summed E-state index contributed by atoms with van der Waals surface area (Å²) in [5.74, 6) is 0. The zero-order chi connectivity index (χ0) is 15.6. The van der Waals surface area contributed by atoms with Gasteiger partial charge in [-0.15, -0.1) is 0 Å². The number of nitrogens with zero attached hydrogens (tertiary/aromatic N) is 1. The number of anilines is 1. The summed E-state index contributed by atoms with van der Waals surface area (Å²) < 4.78 is 33.0. The van der Waals surface area contributed by atoms with E-state index >= 15 is 0 Å². The van der Waals surface area contributed by atoms with Crippen LogP contribution in [-0.4, -0.2) is 38.5 Å². The van der Waals surface area contributed by atoms with Crippen LogP contribution in [0.15, 0.2) is 17.0 Å². The fourth-order valence-electron chi connectivity index (χ4n) is 2.78. The van der Waals surface area contributed by atoms with Crippen molar-refractivity contribution in [2.45, 2.75) is 44.6 Å². The Morgan fingerprint density at radius 2 is 2.10 bits per heavy atom. The molecule has 0 aromatic heterocycles. The van der Waals surface area contributed by atoms with E-state index < -0.39 is 10.0 Å². The Morgan fingerprint density at radius 3 is 2.67 bits per heavy atom. The van der Waals surface area contributed by atoms with Crippen LogP contribution in [0.4, 0.5) is 5.69 Å². The molecule has 0 saturated carbocycles. The van der Waals surface area contributed by atoms with Crippen LogP contribution in [-0.2, 0) is 14.8 Å². The van der Waals surface area contributed by atoms with Crippen LogP contribution in [0, 0.1) is 13.8 Å². The molecule has 21 heavy (non-hydrogen) atoms. The zero-order valence-corrected chi connectivity index (χ0v) is 13.7. The van der Waals surface area contributed by atoms with Gasteiger partial charge in [-0.25, -0.2) is 8.42 Å². The van der Waals surface area contributed by atoms with Crippen molar-refractivity contribution in [2.24, 2.45) is 0 Å². The van der Waals surface area contributed by atoms with Crippen molar-refractivity contribution in [2.75, 3.05) is 25.4 Å². The highest BCUT2D eigenvalue weighted by molar-refractivity contribution is 7.89. The number of benzene rings is 1. The summed E-state index contributed by atoms with van der Waals surface area (Å²) in [6.07, 6.45) is 1.92. The van der Waals surface area contributed by atoms with Crippen molar-refractivity contribution < 1.29 is 13.2 Å². The highest BCUT2D eigenvalue weighted by Gasteiger charge is 2.30. The van der Waals surface area contributed by atoms with Gasteiger partial charge in [-0.2, -0.15) is 4.31 Å². The number of rotatable bonds is 5. The number of ether oxygens (including phenoxy) is 1. The Labute approximate surface area is 127 Å². The maximum atomic E-state index is 13.0. The second-order valence-corrected chi connectivity index (χ2v) is 7.39. The molecular formula is C15H24N2O3S. The molecular weight excluding hydrogens is 288 g/mol. The number of nitrogen functional groups attached to an aromatic ring is 1. The summed E-state index contributed by atoms with van der Waals surface area (Å²) in [5.41, 5.74) is 7.75. The number of nitrogens with two attached hydrogens (primary N) is 1. The second-order valence-electron chi connectivity index (χ2n) is 5.52. The number of hydrogen-bond donors (Lipinski definition) is 1. The lowest BCUT2D eigenvalue weighted by Gasteiger charge is -2.25. The van der Waals surface area contributed by atoms with Crippen LogP contribution < -0.4 is 5.73 Å². The molecule has 2 rings (SSSR count). The molecule has 1 heterocycles. The third-order valence-electron chi connectivity index (χ3n) is 4.03. The van der Waals surface area contributed by atoms with Crippen molar-refractivity contribution in [1.29, 1.82) is 0 Å². The molecule has 1 aliphatic rings. The summed E-state index contributed by atoms with van der Waals surface area (Å²) in [6.45, 7) is 6.97.